The molecular weight excluding hydrogens is 268 g/mol. The minimum absolute atomic E-state index is 0.482. The van der Waals surface area contributed by atoms with Gasteiger partial charge in [0.15, 0.2) is 0 Å². The van der Waals surface area contributed by atoms with Gasteiger partial charge in [0.05, 0.1) is 17.9 Å². The zero-order chi connectivity index (χ0) is 14.5. The van der Waals surface area contributed by atoms with Gasteiger partial charge in [0.1, 0.15) is 10.8 Å². The number of hydrogen-bond donors (Lipinski definition) is 1. The van der Waals surface area contributed by atoms with Crippen molar-refractivity contribution in [3.63, 3.8) is 0 Å². The summed E-state index contributed by atoms with van der Waals surface area (Å²) in [5, 5.41) is 4.48. The van der Waals surface area contributed by atoms with Crippen LogP contribution < -0.4 is 10.1 Å². The average molecular weight is 290 g/mol. The minimum atomic E-state index is 0.482. The van der Waals surface area contributed by atoms with Crippen LogP contribution in [0.1, 0.15) is 31.3 Å². The molecule has 0 fully saturated rings. The second-order valence-corrected chi connectivity index (χ2v) is 6.08. The van der Waals surface area contributed by atoms with Crippen LogP contribution in [0, 0.1) is 6.92 Å². The maximum Gasteiger partial charge on any atom is 0.129 e. The first kappa shape index (κ1) is 15.0. The first-order valence-electron chi connectivity index (χ1n) is 7.03. The molecule has 0 aliphatic heterocycles. The fraction of sp³-hybridized carbons (Fsp3) is 0.438. The molecule has 0 saturated heterocycles. The molecule has 1 aromatic carbocycles. The van der Waals surface area contributed by atoms with Gasteiger partial charge in [0, 0.05) is 17.5 Å². The van der Waals surface area contributed by atoms with Crippen LogP contribution in [0.25, 0.3) is 10.6 Å². The Bertz CT molecular complexity index is 563. The highest BCUT2D eigenvalue weighted by molar-refractivity contribution is 7.15. The lowest BCUT2D eigenvalue weighted by Gasteiger charge is -2.07. The number of thiazole rings is 1. The van der Waals surface area contributed by atoms with Crippen molar-refractivity contribution in [1.82, 2.24) is 10.3 Å². The fourth-order valence-corrected chi connectivity index (χ4v) is 2.97. The van der Waals surface area contributed by atoms with E-state index in [0.717, 1.165) is 28.6 Å². The van der Waals surface area contributed by atoms with E-state index in [-0.39, 0.29) is 0 Å². The number of rotatable bonds is 6. The maximum atomic E-state index is 5.69. The quantitative estimate of drug-likeness (QED) is 0.872. The molecule has 3 nitrogen and oxygen atoms in total. The molecule has 108 valence electrons. The molecule has 2 aromatic rings. The summed E-state index contributed by atoms with van der Waals surface area (Å²) in [4.78, 5) is 5.99. The van der Waals surface area contributed by atoms with E-state index in [1.165, 1.54) is 4.88 Å². The van der Waals surface area contributed by atoms with Gasteiger partial charge < -0.3 is 10.1 Å². The maximum absolute atomic E-state index is 5.69. The molecule has 1 heterocycles. The molecule has 0 aliphatic rings. The van der Waals surface area contributed by atoms with E-state index in [4.69, 9.17) is 9.72 Å². The van der Waals surface area contributed by atoms with Gasteiger partial charge in [0.25, 0.3) is 0 Å². The van der Waals surface area contributed by atoms with Gasteiger partial charge in [-0.2, -0.15) is 0 Å². The van der Waals surface area contributed by atoms with Crippen LogP contribution in [0.5, 0.6) is 5.75 Å². The lowest BCUT2D eigenvalue weighted by atomic mass is 10.2. The highest BCUT2D eigenvalue weighted by Crippen LogP contribution is 2.34. The first-order chi connectivity index (χ1) is 9.61. The Morgan fingerprint density at radius 2 is 2.05 bits per heavy atom. The predicted octanol–water partition coefficient (Wildman–Crippen LogP) is 4.02. The van der Waals surface area contributed by atoms with E-state index in [1.54, 1.807) is 11.3 Å². The Kier molecular flexibility index (Phi) is 5.15. The van der Waals surface area contributed by atoms with Crippen molar-refractivity contribution in [1.29, 1.82) is 0 Å². The second kappa shape index (κ2) is 6.86. The van der Waals surface area contributed by atoms with Crippen molar-refractivity contribution in [2.75, 3.05) is 6.61 Å². The van der Waals surface area contributed by atoms with Crippen molar-refractivity contribution in [2.24, 2.45) is 0 Å². The normalized spacial score (nSPS) is 11.1. The van der Waals surface area contributed by atoms with Crippen LogP contribution in [0.2, 0.25) is 0 Å². The third-order valence-corrected chi connectivity index (χ3v) is 4.17. The van der Waals surface area contributed by atoms with Crippen LogP contribution in [-0.2, 0) is 6.54 Å². The van der Waals surface area contributed by atoms with Gasteiger partial charge >= 0.3 is 0 Å². The topological polar surface area (TPSA) is 34.1 Å². The van der Waals surface area contributed by atoms with Crippen LogP contribution in [0.15, 0.2) is 24.3 Å². The standard InChI is InChI=1S/C16H22N2OS/c1-5-19-14-9-7-6-8-13(14)16-18-12(4)15(20-16)10-17-11(2)3/h6-9,11,17H,5,10H2,1-4H3. The Morgan fingerprint density at radius 1 is 1.30 bits per heavy atom. The number of nitrogens with zero attached hydrogens (tertiary/aromatic N) is 1. The summed E-state index contributed by atoms with van der Waals surface area (Å²) in [6.07, 6.45) is 0. The number of ether oxygens (including phenoxy) is 1. The summed E-state index contributed by atoms with van der Waals surface area (Å²) in [6.45, 7) is 9.92. The fourth-order valence-electron chi connectivity index (χ4n) is 1.93. The highest BCUT2D eigenvalue weighted by Gasteiger charge is 2.13. The summed E-state index contributed by atoms with van der Waals surface area (Å²) >= 11 is 1.74. The van der Waals surface area contributed by atoms with E-state index in [1.807, 2.05) is 25.1 Å². The summed E-state index contributed by atoms with van der Waals surface area (Å²) in [6, 6.07) is 8.58. The Labute approximate surface area is 125 Å². The zero-order valence-corrected chi connectivity index (χ0v) is 13.4. The van der Waals surface area contributed by atoms with Crippen molar-refractivity contribution in [3.05, 3.63) is 34.8 Å². The van der Waals surface area contributed by atoms with Crippen molar-refractivity contribution >= 4 is 11.3 Å². The number of benzene rings is 1. The lowest BCUT2D eigenvalue weighted by molar-refractivity contribution is 0.341. The van der Waals surface area contributed by atoms with Crippen molar-refractivity contribution < 1.29 is 4.74 Å². The molecule has 0 amide bonds. The predicted molar refractivity (Wildman–Crippen MR) is 85.4 cm³/mol. The summed E-state index contributed by atoms with van der Waals surface area (Å²) in [5.41, 5.74) is 2.18. The number of nitrogens with one attached hydrogen (secondary N) is 1. The molecule has 1 N–H and O–H groups in total. The Hall–Kier alpha value is -1.39. The summed E-state index contributed by atoms with van der Waals surface area (Å²) in [7, 11) is 0. The monoisotopic (exact) mass is 290 g/mol. The van der Waals surface area contributed by atoms with E-state index < -0.39 is 0 Å². The van der Waals surface area contributed by atoms with E-state index in [2.05, 4.69) is 32.2 Å². The smallest absolute Gasteiger partial charge is 0.129 e. The number of aromatic nitrogens is 1. The van der Waals surface area contributed by atoms with Gasteiger partial charge in [-0.05, 0) is 26.0 Å². The molecule has 2 rings (SSSR count). The molecule has 0 bridgehead atoms. The van der Waals surface area contributed by atoms with Gasteiger partial charge in [-0.25, -0.2) is 4.98 Å². The first-order valence-corrected chi connectivity index (χ1v) is 7.85. The van der Waals surface area contributed by atoms with Gasteiger partial charge in [-0.15, -0.1) is 11.3 Å². The Morgan fingerprint density at radius 3 is 2.75 bits per heavy atom. The van der Waals surface area contributed by atoms with Crippen LogP contribution in [0.3, 0.4) is 0 Å². The van der Waals surface area contributed by atoms with E-state index >= 15 is 0 Å². The highest BCUT2D eigenvalue weighted by atomic mass is 32.1. The van der Waals surface area contributed by atoms with Crippen molar-refractivity contribution in [3.8, 4) is 16.3 Å². The third-order valence-electron chi connectivity index (χ3n) is 2.98. The molecule has 0 aliphatic carbocycles. The van der Waals surface area contributed by atoms with Gasteiger partial charge in [-0.1, -0.05) is 26.0 Å². The number of hydrogen-bond acceptors (Lipinski definition) is 4. The van der Waals surface area contributed by atoms with Crippen LogP contribution in [0.4, 0.5) is 0 Å². The van der Waals surface area contributed by atoms with Crippen LogP contribution >= 0.6 is 11.3 Å². The molecule has 0 radical (unpaired) electrons. The third kappa shape index (κ3) is 3.58. The molecule has 0 spiro atoms. The molecular formula is C16H22N2OS. The van der Waals surface area contributed by atoms with E-state index in [0.29, 0.717) is 12.6 Å². The summed E-state index contributed by atoms with van der Waals surface area (Å²) in [5.74, 6) is 0.909. The lowest BCUT2D eigenvalue weighted by Crippen LogP contribution is -2.21. The van der Waals surface area contributed by atoms with Crippen LogP contribution in [-0.4, -0.2) is 17.6 Å². The zero-order valence-electron chi connectivity index (χ0n) is 12.6. The van der Waals surface area contributed by atoms with E-state index in [9.17, 15) is 0 Å². The number of aryl methyl sites for hydroxylation is 1. The SMILES string of the molecule is CCOc1ccccc1-c1nc(C)c(CNC(C)C)s1. The van der Waals surface area contributed by atoms with Gasteiger partial charge in [0.2, 0.25) is 0 Å². The summed E-state index contributed by atoms with van der Waals surface area (Å²) < 4.78 is 5.69. The molecule has 4 heteroatoms. The molecule has 1 aromatic heterocycles. The minimum Gasteiger partial charge on any atom is -0.493 e. The molecule has 20 heavy (non-hydrogen) atoms. The Balaban J connectivity index is 2.27. The molecule has 0 saturated carbocycles. The number of para-hydroxylation sites is 1. The second-order valence-electron chi connectivity index (χ2n) is 4.99. The molecule has 0 unspecified atom stereocenters. The molecule has 0 atom stereocenters. The van der Waals surface area contributed by atoms with Gasteiger partial charge in [-0.3, -0.25) is 0 Å². The van der Waals surface area contributed by atoms with Crippen molar-refractivity contribution in [2.45, 2.75) is 40.3 Å². The average Bonchev–Trinajstić information content (AvgIpc) is 2.78. The largest absolute Gasteiger partial charge is 0.493 e.